The molecule has 2 aromatic carbocycles. The molecule has 14 amide bonds. The molecule has 0 bridgehead atoms. The van der Waals surface area contributed by atoms with E-state index < -0.39 is 205 Å². The van der Waals surface area contributed by atoms with Crippen LogP contribution in [0.2, 0.25) is 0 Å². The van der Waals surface area contributed by atoms with E-state index in [-0.39, 0.29) is 102 Å². The summed E-state index contributed by atoms with van der Waals surface area (Å²) in [6.45, 7) is 5.07. The Kier molecular flexibility index (Phi) is 34.6. The van der Waals surface area contributed by atoms with Gasteiger partial charge in [-0.1, -0.05) is 101 Å². The van der Waals surface area contributed by atoms with E-state index in [1.807, 2.05) is 0 Å². The van der Waals surface area contributed by atoms with Crippen LogP contribution in [0, 0.1) is 11.8 Å². The maximum Gasteiger partial charge on any atom is 0.305 e. The number of carbonyl (C=O) groups excluding carboxylic acids is 14. The Morgan fingerprint density at radius 2 is 1.01 bits per heavy atom. The maximum absolute atomic E-state index is 14.9. The van der Waals surface area contributed by atoms with Gasteiger partial charge >= 0.3 is 5.97 Å². The van der Waals surface area contributed by atoms with Gasteiger partial charge in [-0.2, -0.15) is 25.3 Å². The summed E-state index contributed by atoms with van der Waals surface area (Å²) in [7, 11) is 0. The number of carboxylic acid groups (broad SMARTS) is 1. The van der Waals surface area contributed by atoms with E-state index in [0.29, 0.717) is 36.8 Å². The normalized spacial score (nSPS) is 26.8. The number of rotatable bonds is 19. The number of amides is 14. The number of hydrogen-bond donors (Lipinski definition) is 17. The van der Waals surface area contributed by atoms with Crippen molar-refractivity contribution in [3.63, 3.8) is 0 Å². The zero-order chi connectivity index (χ0) is 79.5. The Bertz CT molecular complexity index is 3540. The minimum absolute atomic E-state index is 0.0142. The van der Waals surface area contributed by atoms with E-state index in [1.54, 1.807) is 88.4 Å². The van der Waals surface area contributed by atoms with Gasteiger partial charge in [0, 0.05) is 57.1 Å². The molecule has 15 atom stereocenters. The maximum atomic E-state index is 14.9. The first-order valence-electron chi connectivity index (χ1n) is 36.5. The third-order valence-electron chi connectivity index (χ3n) is 19.6. The lowest BCUT2D eigenvalue weighted by Crippen LogP contribution is -2.62. The zero-order valence-electron chi connectivity index (χ0n) is 61.4. The number of carbonyl (C=O) groups is 15. The second-order valence-electron chi connectivity index (χ2n) is 27.5. The summed E-state index contributed by atoms with van der Waals surface area (Å²) in [4.78, 5) is 223. The number of aliphatic hydroxyl groups excluding tert-OH is 2. The van der Waals surface area contributed by atoms with Gasteiger partial charge in [0.15, 0.2) is 5.96 Å². The van der Waals surface area contributed by atoms with Crippen LogP contribution >= 0.6 is 25.3 Å². The summed E-state index contributed by atoms with van der Waals surface area (Å²) in [6.07, 6.45) is -1.33. The third-order valence-corrected chi connectivity index (χ3v) is 20.2. The number of carboxylic acids is 1. The molecule has 0 aliphatic carbocycles. The summed E-state index contributed by atoms with van der Waals surface area (Å²) >= 11 is 8.68. The fourth-order valence-electron chi connectivity index (χ4n) is 13.3. The highest BCUT2D eigenvalue weighted by molar-refractivity contribution is 7.80. The second-order valence-corrected chi connectivity index (χ2v) is 28.3. The van der Waals surface area contributed by atoms with Crippen molar-refractivity contribution in [2.45, 2.75) is 197 Å². The predicted octanol–water partition coefficient (Wildman–Crippen LogP) is -4.38. The Morgan fingerprint density at radius 3 is 1.56 bits per heavy atom. The van der Waals surface area contributed by atoms with E-state index in [1.165, 1.54) is 14.7 Å². The highest BCUT2D eigenvalue weighted by Crippen LogP contribution is 2.28. The number of hydrogen-bond acceptors (Lipinski definition) is 20. The van der Waals surface area contributed by atoms with Crippen molar-refractivity contribution in [2.75, 3.05) is 63.9 Å². The van der Waals surface area contributed by atoms with Gasteiger partial charge < -0.3 is 99.6 Å². The van der Waals surface area contributed by atoms with Crippen molar-refractivity contribution in [2.24, 2.45) is 28.3 Å². The van der Waals surface area contributed by atoms with Gasteiger partial charge in [0.1, 0.15) is 72.5 Å². The lowest BCUT2D eigenvalue weighted by atomic mass is 9.96. The summed E-state index contributed by atoms with van der Waals surface area (Å²) in [6, 6.07) is -0.942. The second kappa shape index (κ2) is 42.8. The van der Waals surface area contributed by atoms with Crippen molar-refractivity contribution in [3.8, 4) is 0 Å². The molecule has 37 heteroatoms. The Morgan fingerprint density at radius 1 is 0.528 bits per heavy atom. The molecule has 17 N–H and O–H groups in total. The van der Waals surface area contributed by atoms with E-state index in [0.717, 1.165) is 11.8 Å². The van der Waals surface area contributed by atoms with Gasteiger partial charge in [0.2, 0.25) is 82.7 Å². The summed E-state index contributed by atoms with van der Waals surface area (Å²) in [5.41, 5.74) is 12.1. The van der Waals surface area contributed by atoms with Crippen molar-refractivity contribution in [1.29, 1.82) is 0 Å². The zero-order valence-corrected chi connectivity index (χ0v) is 63.2. The van der Waals surface area contributed by atoms with Crippen LogP contribution in [0.4, 0.5) is 0 Å². The summed E-state index contributed by atoms with van der Waals surface area (Å²) in [5.74, 6) is -16.1. The lowest BCUT2D eigenvalue weighted by Gasteiger charge is -2.35. The fourth-order valence-corrected chi connectivity index (χ4v) is 13.8. The molecule has 2 aromatic rings. The number of aliphatic imine (C=N–C) groups is 1. The number of aliphatic hydroxyl groups is 2. The van der Waals surface area contributed by atoms with Gasteiger partial charge in [-0.05, 0) is 81.3 Å². The Labute approximate surface area is 637 Å². The third kappa shape index (κ3) is 25.0. The molecule has 594 valence electrons. The van der Waals surface area contributed by atoms with Gasteiger partial charge in [0.05, 0.1) is 32.2 Å². The minimum Gasteiger partial charge on any atom is -0.481 e. The highest BCUT2D eigenvalue weighted by atomic mass is 32.1. The molecule has 0 unspecified atom stereocenters. The summed E-state index contributed by atoms with van der Waals surface area (Å²) in [5, 5.41) is 57.2. The van der Waals surface area contributed by atoms with E-state index in [4.69, 9.17) is 11.5 Å². The van der Waals surface area contributed by atoms with Crippen LogP contribution in [0.25, 0.3) is 0 Å². The summed E-state index contributed by atoms with van der Waals surface area (Å²) < 4.78 is 0. The predicted molar refractivity (Wildman–Crippen MR) is 399 cm³/mol. The van der Waals surface area contributed by atoms with Crippen LogP contribution in [0.5, 0.6) is 0 Å². The average Bonchev–Trinajstić information content (AvgIpc) is 1.64. The monoisotopic (exact) mass is 1550 g/mol. The molecule has 4 heterocycles. The minimum atomic E-state index is -1.87. The molecule has 6 rings (SSSR count). The molecule has 4 fully saturated rings. The standard InChI is InChI=1S/C71H105N17O18S2/c1-6-39(3)56-65(101)81-49(38-108)62(98)79-47(33-43-20-12-9-13-21-43)68(104)86-27-15-23-50(86)63(99)77-46(34-55(93)94)59(95)75-35-53(91)76-44(22-14-26-74-71(72)73)67(103)85(30-31-107)36-54(92)82-58(41(5)90)66(102)78-45(32-42-18-10-8-11-19-42)60(96)80-48(37-89)61(97)84-57(40(4)7-2)70(106)88-29-17-25-52(88)69(105)87-28-16-24-51(87)64(100)83-56/h8-13,18-21,39-41,44-52,56-58,89-90,107-108H,6-7,14-17,22-38H2,1-5H3,(H,75,95)(H,76,91)(H,77,99)(H,78,102)(H,79,98)(H,80,96)(H,81,101)(H,82,92)(H,83,100)(H,84,97)(H,93,94)(H4,72,73,74)/t39-,40-,41+,44-,45-,46-,47-,48-,49-,50-,51-,52-,56-,57-,58-/m0/s1. The number of nitrogens with two attached hydrogens (primary N) is 2. The number of thiol groups is 2. The van der Waals surface area contributed by atoms with Crippen molar-refractivity contribution in [1.82, 2.24) is 72.8 Å². The SMILES string of the molecule is CC[C@H](C)[C@@H]1NC(=O)[C@@H]2CCCN2C(=O)[C@@H]2CCCN2C(=O)[C@H]([C@@H](C)CC)NC(=O)[C@H](CO)NC(=O)[C@H](Cc2ccccc2)NC(=O)[C@H]([C@@H](C)O)NC(=O)CN(CCS)C(=O)[C@H](CCCN=C(N)N)NC(=O)CNC(=O)[C@H](CC(=O)O)NC(=O)[C@@H]2CCCN2C(=O)[C@H](Cc2ccccc2)NC(=O)[C@H](CS)NC1=O. The van der Waals surface area contributed by atoms with Gasteiger partial charge in [0.25, 0.3) is 0 Å². The van der Waals surface area contributed by atoms with Crippen LogP contribution in [0.15, 0.2) is 65.7 Å². The molecular formula is C71H105N17O18S2. The van der Waals surface area contributed by atoms with Crippen molar-refractivity contribution < 1.29 is 87.2 Å². The topological polar surface area (TPSA) is 514 Å². The Hall–Kier alpha value is -9.62. The molecule has 108 heavy (non-hydrogen) atoms. The number of nitrogens with zero attached hydrogens (tertiary/aromatic N) is 5. The van der Waals surface area contributed by atoms with Crippen LogP contribution in [-0.2, 0) is 84.8 Å². The molecule has 4 saturated heterocycles. The van der Waals surface area contributed by atoms with Crippen LogP contribution < -0.4 is 64.6 Å². The number of nitrogens with one attached hydrogen (secondary N) is 10. The molecule has 4 aliphatic heterocycles. The van der Waals surface area contributed by atoms with Gasteiger partial charge in [-0.15, -0.1) is 0 Å². The number of aliphatic carboxylic acids is 1. The quantitative estimate of drug-likeness (QED) is 0.0273. The van der Waals surface area contributed by atoms with Gasteiger partial charge in [-0.25, -0.2) is 0 Å². The highest BCUT2D eigenvalue weighted by Gasteiger charge is 2.47. The van der Waals surface area contributed by atoms with Crippen LogP contribution in [-0.4, -0.2) is 272 Å². The first-order valence-corrected chi connectivity index (χ1v) is 37.8. The van der Waals surface area contributed by atoms with E-state index in [2.05, 4.69) is 83.4 Å². The van der Waals surface area contributed by atoms with Crippen molar-refractivity contribution in [3.05, 3.63) is 71.8 Å². The number of benzene rings is 2. The van der Waals surface area contributed by atoms with Crippen LogP contribution in [0.1, 0.15) is 116 Å². The first-order chi connectivity index (χ1) is 51.4. The fraction of sp³-hybridized carbons (Fsp3) is 0.606. The van der Waals surface area contributed by atoms with Crippen LogP contribution in [0.3, 0.4) is 0 Å². The molecule has 0 saturated carbocycles. The molecule has 0 radical (unpaired) electrons. The molecular weight excluding hydrogens is 1440 g/mol. The largest absolute Gasteiger partial charge is 0.481 e. The number of guanidine groups is 1. The van der Waals surface area contributed by atoms with Gasteiger partial charge in [-0.3, -0.25) is 76.9 Å². The van der Waals surface area contributed by atoms with Crippen molar-refractivity contribution >= 4 is 120 Å². The molecule has 0 spiro atoms. The average molecular weight is 1550 g/mol. The van der Waals surface area contributed by atoms with E-state index in [9.17, 15) is 87.2 Å². The lowest BCUT2D eigenvalue weighted by molar-refractivity contribution is -0.149. The molecule has 4 aliphatic rings. The number of fused-ring (bicyclic) bond motifs is 3. The molecule has 0 aromatic heterocycles. The first kappa shape index (κ1) is 87.3. The smallest absolute Gasteiger partial charge is 0.305 e. The Balaban J connectivity index is 1.36. The van der Waals surface area contributed by atoms with E-state index >= 15 is 0 Å². The molecule has 35 nitrogen and oxygen atoms in total.